The molecule has 0 aliphatic carbocycles. The summed E-state index contributed by atoms with van der Waals surface area (Å²) in [5.41, 5.74) is 6.36. The Kier molecular flexibility index (Phi) is 10.4. The van der Waals surface area contributed by atoms with Gasteiger partial charge in [-0.2, -0.15) is 0 Å². The molecule has 4 rings (SSSR count). The number of carbonyl (C=O) groups is 1. The molecule has 224 valence electrons. The van der Waals surface area contributed by atoms with Gasteiger partial charge in [0.1, 0.15) is 11.6 Å². The fourth-order valence-corrected chi connectivity index (χ4v) is 5.26. The van der Waals surface area contributed by atoms with Crippen LogP contribution in [0.1, 0.15) is 63.1 Å². The van der Waals surface area contributed by atoms with Crippen LogP contribution in [0.5, 0.6) is 5.75 Å². The Morgan fingerprint density at radius 1 is 1.10 bits per heavy atom. The van der Waals surface area contributed by atoms with Crippen LogP contribution in [0.3, 0.4) is 0 Å². The minimum absolute atomic E-state index is 0.0912. The van der Waals surface area contributed by atoms with Gasteiger partial charge < -0.3 is 19.5 Å². The standard InChI is InChI=1S/C35H43FN2O4/c1-24(2)41-21-6-7-31-33(27-10-14-29(15-11-27)42-22-16-26-8-12-28(36)13-9-26)34(30(23-32(39)40)25(3)37-31)38-19-17-35(4,5)18-20-38/h6-15,24H,16-23H2,1-5H3,(H,39,40)/b7-6-. The van der Waals surface area contributed by atoms with Crippen molar-refractivity contribution in [1.29, 1.82) is 0 Å². The molecule has 3 aromatic rings. The molecule has 1 fully saturated rings. The van der Waals surface area contributed by atoms with Gasteiger partial charge in [-0.15, -0.1) is 0 Å². The summed E-state index contributed by atoms with van der Waals surface area (Å²) < 4.78 is 24.9. The van der Waals surface area contributed by atoms with Crippen LogP contribution in [0, 0.1) is 18.2 Å². The molecule has 1 aromatic heterocycles. The Bertz CT molecular complexity index is 1370. The van der Waals surface area contributed by atoms with Crippen LogP contribution >= 0.6 is 0 Å². The maximum atomic E-state index is 13.2. The number of rotatable bonds is 12. The van der Waals surface area contributed by atoms with Crippen molar-refractivity contribution in [1.82, 2.24) is 4.98 Å². The molecule has 1 aliphatic heterocycles. The van der Waals surface area contributed by atoms with Gasteiger partial charge in [-0.05, 0) is 80.5 Å². The lowest BCUT2D eigenvalue weighted by Crippen LogP contribution is -2.38. The summed E-state index contributed by atoms with van der Waals surface area (Å²) in [6.45, 7) is 13.1. The third-order valence-electron chi connectivity index (χ3n) is 7.78. The number of hydrogen-bond acceptors (Lipinski definition) is 5. The molecule has 0 bridgehead atoms. The average molecular weight is 575 g/mol. The first-order valence-corrected chi connectivity index (χ1v) is 14.8. The van der Waals surface area contributed by atoms with Crippen LogP contribution < -0.4 is 9.64 Å². The Morgan fingerprint density at radius 3 is 2.38 bits per heavy atom. The van der Waals surface area contributed by atoms with Crippen LogP contribution in [0.25, 0.3) is 17.2 Å². The van der Waals surface area contributed by atoms with Gasteiger partial charge in [0.2, 0.25) is 0 Å². The molecule has 0 unspecified atom stereocenters. The molecular formula is C35H43FN2O4. The zero-order valence-corrected chi connectivity index (χ0v) is 25.5. The summed E-state index contributed by atoms with van der Waals surface area (Å²) in [7, 11) is 0. The van der Waals surface area contributed by atoms with Crippen molar-refractivity contribution >= 4 is 17.7 Å². The normalized spacial score (nSPS) is 15.0. The molecular weight excluding hydrogens is 531 g/mol. The second-order valence-electron chi connectivity index (χ2n) is 12.0. The van der Waals surface area contributed by atoms with E-state index in [1.807, 2.05) is 57.2 Å². The maximum absolute atomic E-state index is 13.2. The first-order chi connectivity index (χ1) is 20.0. The van der Waals surface area contributed by atoms with E-state index in [9.17, 15) is 14.3 Å². The highest BCUT2D eigenvalue weighted by Crippen LogP contribution is 2.42. The first kappa shape index (κ1) is 31.2. The van der Waals surface area contributed by atoms with Gasteiger partial charge in [0.25, 0.3) is 0 Å². The van der Waals surface area contributed by atoms with Crippen molar-refractivity contribution in [2.24, 2.45) is 5.41 Å². The molecule has 7 heteroatoms. The Labute approximate surface area is 249 Å². The molecule has 0 saturated carbocycles. The molecule has 2 heterocycles. The van der Waals surface area contributed by atoms with Crippen molar-refractivity contribution < 1.29 is 23.8 Å². The van der Waals surface area contributed by atoms with Gasteiger partial charge in [-0.25, -0.2) is 4.39 Å². The number of aliphatic carboxylic acids is 1. The first-order valence-electron chi connectivity index (χ1n) is 14.8. The number of carboxylic acid groups (broad SMARTS) is 1. The molecule has 0 amide bonds. The Balaban J connectivity index is 1.70. The summed E-state index contributed by atoms with van der Waals surface area (Å²) in [5, 5.41) is 9.86. The number of benzene rings is 2. The van der Waals surface area contributed by atoms with Gasteiger partial charge in [0, 0.05) is 36.3 Å². The van der Waals surface area contributed by atoms with Crippen LogP contribution in [-0.2, 0) is 22.4 Å². The van der Waals surface area contributed by atoms with E-state index in [0.29, 0.717) is 19.6 Å². The van der Waals surface area contributed by atoms with Crippen LogP contribution in [0.2, 0.25) is 0 Å². The smallest absolute Gasteiger partial charge is 0.307 e. The second kappa shape index (κ2) is 14.0. The summed E-state index contributed by atoms with van der Waals surface area (Å²) in [6.07, 6.45) is 6.70. The largest absolute Gasteiger partial charge is 0.493 e. The van der Waals surface area contributed by atoms with E-state index in [-0.39, 0.29) is 23.8 Å². The van der Waals surface area contributed by atoms with Gasteiger partial charge in [-0.3, -0.25) is 9.78 Å². The van der Waals surface area contributed by atoms with E-state index in [0.717, 1.165) is 71.0 Å². The summed E-state index contributed by atoms with van der Waals surface area (Å²) in [4.78, 5) is 19.3. The van der Waals surface area contributed by atoms with E-state index >= 15 is 0 Å². The van der Waals surface area contributed by atoms with Gasteiger partial charge in [0.05, 0.1) is 37.1 Å². The predicted molar refractivity (Wildman–Crippen MR) is 167 cm³/mol. The number of nitrogens with zero attached hydrogens (tertiary/aromatic N) is 2. The second-order valence-corrected chi connectivity index (χ2v) is 12.0. The number of anilines is 1. The molecule has 2 aromatic carbocycles. The maximum Gasteiger partial charge on any atom is 0.307 e. The fraction of sp³-hybridized carbons (Fsp3) is 0.429. The van der Waals surface area contributed by atoms with Crippen molar-refractivity contribution in [3.8, 4) is 16.9 Å². The monoisotopic (exact) mass is 574 g/mol. The topological polar surface area (TPSA) is 71.9 Å². The third-order valence-corrected chi connectivity index (χ3v) is 7.78. The van der Waals surface area contributed by atoms with Crippen LogP contribution in [0.4, 0.5) is 10.1 Å². The Hall–Kier alpha value is -3.71. The minimum atomic E-state index is -0.872. The predicted octanol–water partition coefficient (Wildman–Crippen LogP) is 7.51. The summed E-state index contributed by atoms with van der Waals surface area (Å²) in [6, 6.07) is 14.4. The summed E-state index contributed by atoms with van der Waals surface area (Å²) >= 11 is 0. The van der Waals surface area contributed by atoms with Crippen molar-refractivity contribution in [2.45, 2.75) is 66.4 Å². The number of aryl methyl sites for hydroxylation is 1. The molecule has 1 N–H and O–H groups in total. The molecule has 1 aliphatic rings. The zero-order chi connectivity index (χ0) is 30.3. The highest BCUT2D eigenvalue weighted by Gasteiger charge is 2.30. The molecule has 0 spiro atoms. The van der Waals surface area contributed by atoms with E-state index in [2.05, 4.69) is 18.7 Å². The number of aromatic nitrogens is 1. The van der Waals surface area contributed by atoms with Gasteiger partial charge >= 0.3 is 5.97 Å². The third kappa shape index (κ3) is 8.41. The van der Waals surface area contributed by atoms with E-state index in [4.69, 9.17) is 14.5 Å². The molecule has 42 heavy (non-hydrogen) atoms. The van der Waals surface area contributed by atoms with Crippen LogP contribution in [0.15, 0.2) is 54.6 Å². The highest BCUT2D eigenvalue weighted by molar-refractivity contribution is 5.89. The zero-order valence-electron chi connectivity index (χ0n) is 25.5. The quantitative estimate of drug-likeness (QED) is 0.241. The van der Waals surface area contributed by atoms with Crippen molar-refractivity contribution in [3.63, 3.8) is 0 Å². The summed E-state index contributed by atoms with van der Waals surface area (Å²) in [5.74, 6) is -0.389. The van der Waals surface area contributed by atoms with Gasteiger partial charge in [-0.1, -0.05) is 44.2 Å². The van der Waals surface area contributed by atoms with E-state index in [1.54, 1.807) is 12.1 Å². The fourth-order valence-electron chi connectivity index (χ4n) is 5.26. The number of pyridine rings is 1. The number of ether oxygens (including phenoxy) is 2. The molecule has 0 atom stereocenters. The highest BCUT2D eigenvalue weighted by atomic mass is 19.1. The lowest BCUT2D eigenvalue weighted by molar-refractivity contribution is -0.136. The number of hydrogen-bond donors (Lipinski definition) is 1. The van der Waals surface area contributed by atoms with Gasteiger partial charge in [0.15, 0.2) is 0 Å². The van der Waals surface area contributed by atoms with E-state index < -0.39 is 5.97 Å². The number of halogens is 1. The molecule has 1 saturated heterocycles. The number of carboxylic acids is 1. The molecule has 0 radical (unpaired) electrons. The molecule has 6 nitrogen and oxygen atoms in total. The van der Waals surface area contributed by atoms with Crippen molar-refractivity contribution in [2.75, 3.05) is 31.2 Å². The minimum Gasteiger partial charge on any atom is -0.493 e. The lowest BCUT2D eigenvalue weighted by Gasteiger charge is -2.40. The lowest BCUT2D eigenvalue weighted by atomic mass is 9.82. The van der Waals surface area contributed by atoms with Crippen LogP contribution in [-0.4, -0.2) is 48.5 Å². The average Bonchev–Trinajstić information content (AvgIpc) is 2.94. The van der Waals surface area contributed by atoms with E-state index in [1.165, 1.54) is 12.1 Å². The SMILES string of the molecule is Cc1nc(/C=C\COC(C)C)c(-c2ccc(OCCc3ccc(F)cc3)cc2)c(N2CCC(C)(C)CC2)c1CC(=O)O. The van der Waals surface area contributed by atoms with Crippen molar-refractivity contribution in [3.05, 3.63) is 82.9 Å². The Morgan fingerprint density at radius 2 is 1.76 bits per heavy atom. The number of piperidine rings is 1.